The molecule has 10 heteroatoms. The molecular weight excluding hydrogens is 448 g/mol. The van der Waals surface area contributed by atoms with Crippen molar-refractivity contribution in [3.63, 3.8) is 0 Å². The van der Waals surface area contributed by atoms with Crippen LogP contribution in [0.2, 0.25) is 0 Å². The number of carbonyl (C=O) groups is 2. The van der Waals surface area contributed by atoms with E-state index in [1.165, 1.54) is 11.3 Å². The van der Waals surface area contributed by atoms with Crippen LogP contribution in [0.1, 0.15) is 46.1 Å². The smallest absolute Gasteiger partial charge is 0.322 e. The van der Waals surface area contributed by atoms with Gasteiger partial charge in [-0.2, -0.15) is 0 Å². The minimum Gasteiger partial charge on any atom is -0.504 e. The van der Waals surface area contributed by atoms with Crippen LogP contribution < -0.4 is 10.2 Å². The lowest BCUT2D eigenvalue weighted by molar-refractivity contribution is -0.135. The average Bonchev–Trinajstić information content (AvgIpc) is 2.86. The Bertz CT molecular complexity index is 1180. The quantitative estimate of drug-likeness (QED) is 0.446. The van der Waals surface area contributed by atoms with E-state index in [-0.39, 0.29) is 11.4 Å². The van der Waals surface area contributed by atoms with Gasteiger partial charge in [-0.25, -0.2) is 9.97 Å². The van der Waals surface area contributed by atoms with Crippen molar-refractivity contribution in [2.45, 2.75) is 32.6 Å². The maximum Gasteiger partial charge on any atom is 0.322 e. The number of carboxylic acid groups (broad SMARTS) is 1. The number of aromatic nitrogens is 4. The lowest BCUT2D eigenvalue weighted by Gasteiger charge is -2.33. The number of piperidine rings is 1. The van der Waals surface area contributed by atoms with Crippen LogP contribution in [0.3, 0.4) is 0 Å². The number of carboxylic acids is 1. The van der Waals surface area contributed by atoms with Gasteiger partial charge in [0, 0.05) is 50.2 Å². The molecule has 182 valence electrons. The molecule has 35 heavy (non-hydrogen) atoms. The van der Waals surface area contributed by atoms with Gasteiger partial charge in [-0.15, -0.1) is 0 Å². The van der Waals surface area contributed by atoms with Crippen LogP contribution in [-0.2, 0) is 17.6 Å². The number of carbonyl (C=O) groups excluding carboxylic acids is 1. The Kier molecular flexibility index (Phi) is 7.49. The zero-order valence-electron chi connectivity index (χ0n) is 19.5. The van der Waals surface area contributed by atoms with Gasteiger partial charge in [0.15, 0.2) is 11.4 Å². The Morgan fingerprint density at radius 1 is 1.11 bits per heavy atom. The highest BCUT2D eigenvalue weighted by atomic mass is 16.4. The summed E-state index contributed by atoms with van der Waals surface area (Å²) in [5.41, 5.74) is 3.42. The Balaban J connectivity index is 1.33. The van der Waals surface area contributed by atoms with Crippen LogP contribution in [-0.4, -0.2) is 61.7 Å². The van der Waals surface area contributed by atoms with Gasteiger partial charge in [-0.05, 0) is 43.4 Å². The van der Waals surface area contributed by atoms with Crippen molar-refractivity contribution in [1.29, 1.82) is 0 Å². The molecule has 10 nitrogen and oxygen atoms in total. The summed E-state index contributed by atoms with van der Waals surface area (Å²) in [6.07, 6.45) is 8.39. The van der Waals surface area contributed by atoms with Crippen molar-refractivity contribution >= 4 is 17.6 Å². The summed E-state index contributed by atoms with van der Waals surface area (Å²) in [6.45, 7) is 2.86. The first-order valence-corrected chi connectivity index (χ1v) is 11.5. The van der Waals surface area contributed by atoms with Gasteiger partial charge < -0.3 is 20.4 Å². The van der Waals surface area contributed by atoms with Gasteiger partial charge in [0.25, 0.3) is 5.91 Å². The fourth-order valence-corrected chi connectivity index (χ4v) is 4.22. The lowest BCUT2D eigenvalue weighted by atomic mass is 9.92. The molecule has 0 spiro atoms. The topological polar surface area (TPSA) is 141 Å². The van der Waals surface area contributed by atoms with Gasteiger partial charge in [-0.3, -0.25) is 19.6 Å². The van der Waals surface area contributed by atoms with Crippen LogP contribution in [0, 0.1) is 12.8 Å². The summed E-state index contributed by atoms with van der Waals surface area (Å²) < 4.78 is 0. The highest BCUT2D eigenvalue weighted by Crippen LogP contribution is 2.27. The number of hydrogen-bond donors (Lipinski definition) is 3. The molecule has 0 atom stereocenters. The van der Waals surface area contributed by atoms with Gasteiger partial charge in [-0.1, -0.05) is 12.1 Å². The highest BCUT2D eigenvalue weighted by Gasteiger charge is 2.23. The second-order valence-electron chi connectivity index (χ2n) is 8.67. The fraction of sp³-hybridized carbons (Fsp3) is 0.360. The first-order chi connectivity index (χ1) is 16.9. The number of benzene rings is 1. The van der Waals surface area contributed by atoms with Gasteiger partial charge in [0.05, 0.1) is 11.4 Å². The predicted octanol–water partition coefficient (Wildman–Crippen LogP) is 2.14. The number of hydrogen-bond acceptors (Lipinski definition) is 8. The maximum atomic E-state index is 12.3. The average molecular weight is 477 g/mol. The third kappa shape index (κ3) is 6.28. The predicted molar refractivity (Wildman–Crippen MR) is 128 cm³/mol. The van der Waals surface area contributed by atoms with Crippen LogP contribution >= 0.6 is 0 Å². The lowest BCUT2D eigenvalue weighted by Crippen LogP contribution is -2.34. The number of aliphatic carboxylic acids is 1. The van der Waals surface area contributed by atoms with Gasteiger partial charge >= 0.3 is 5.97 Å². The largest absolute Gasteiger partial charge is 0.504 e. The molecule has 1 amide bonds. The zero-order valence-corrected chi connectivity index (χ0v) is 19.5. The van der Waals surface area contributed by atoms with Crippen molar-refractivity contribution in [3.05, 3.63) is 71.3 Å². The normalized spacial score (nSPS) is 14.0. The molecule has 0 bridgehead atoms. The highest BCUT2D eigenvalue weighted by molar-refractivity contribution is 5.96. The number of nitrogens with zero attached hydrogens (tertiary/aromatic N) is 5. The number of rotatable bonds is 8. The number of anilines is 1. The Labute approximate surface area is 203 Å². The molecule has 0 radical (unpaired) electrons. The second-order valence-corrected chi connectivity index (χ2v) is 8.67. The first-order valence-electron chi connectivity index (χ1n) is 11.5. The van der Waals surface area contributed by atoms with E-state index in [0.29, 0.717) is 23.9 Å². The summed E-state index contributed by atoms with van der Waals surface area (Å²) in [4.78, 5) is 42.4. The standard InChI is InChI=1S/C25H28N6O4/c1-16-24(34)23(25(35)28-15-22(32)33)30-21(29-16)13-18-6-10-31(11-7-18)20-4-2-17(3-5-20)12-19-14-26-8-9-27-19/h2-5,8-9,14,18,34H,6-7,10-13,15H2,1H3,(H,28,35)(H,32,33). The van der Waals surface area contributed by atoms with Crippen LogP contribution in [0.5, 0.6) is 5.75 Å². The summed E-state index contributed by atoms with van der Waals surface area (Å²) in [6, 6.07) is 8.53. The maximum absolute atomic E-state index is 12.3. The molecule has 0 saturated carbocycles. The second kappa shape index (κ2) is 10.9. The van der Waals surface area contributed by atoms with Gasteiger partial charge in [0.1, 0.15) is 12.4 Å². The molecule has 1 fully saturated rings. The molecule has 0 aliphatic carbocycles. The van der Waals surface area contributed by atoms with Crippen molar-refractivity contribution in [3.8, 4) is 5.75 Å². The molecule has 1 saturated heterocycles. The number of nitrogens with one attached hydrogen (secondary N) is 1. The van der Waals surface area contributed by atoms with Crippen molar-refractivity contribution in [1.82, 2.24) is 25.3 Å². The molecule has 3 heterocycles. The molecule has 0 unspecified atom stereocenters. The van der Waals surface area contributed by atoms with Gasteiger partial charge in [0.2, 0.25) is 0 Å². The van der Waals surface area contributed by atoms with E-state index in [1.54, 1.807) is 25.5 Å². The summed E-state index contributed by atoms with van der Waals surface area (Å²) in [7, 11) is 0. The van der Waals surface area contributed by atoms with Crippen LogP contribution in [0.25, 0.3) is 0 Å². The molecule has 1 aliphatic rings. The molecule has 1 aliphatic heterocycles. The molecular formula is C25H28N6O4. The van der Waals surface area contributed by atoms with E-state index in [1.807, 2.05) is 0 Å². The SMILES string of the molecule is Cc1nc(CC2CCN(c3ccc(Cc4cnccn4)cc3)CC2)nc(C(=O)NCC(=O)O)c1O. The van der Waals surface area contributed by atoms with E-state index >= 15 is 0 Å². The number of aromatic hydroxyl groups is 1. The van der Waals surface area contributed by atoms with E-state index < -0.39 is 18.4 Å². The van der Waals surface area contributed by atoms with E-state index in [9.17, 15) is 14.7 Å². The van der Waals surface area contributed by atoms with Crippen molar-refractivity contribution in [2.75, 3.05) is 24.5 Å². The van der Waals surface area contributed by atoms with Crippen molar-refractivity contribution in [2.24, 2.45) is 5.92 Å². The Hall–Kier alpha value is -4.08. The Morgan fingerprint density at radius 3 is 2.51 bits per heavy atom. The Morgan fingerprint density at radius 2 is 1.86 bits per heavy atom. The minimum absolute atomic E-state index is 0.187. The molecule has 3 N–H and O–H groups in total. The van der Waals surface area contributed by atoms with E-state index in [2.05, 4.69) is 54.4 Å². The van der Waals surface area contributed by atoms with E-state index in [4.69, 9.17) is 5.11 Å². The van der Waals surface area contributed by atoms with E-state index in [0.717, 1.165) is 38.0 Å². The van der Waals surface area contributed by atoms with Crippen LogP contribution in [0.15, 0.2) is 42.9 Å². The third-order valence-corrected chi connectivity index (χ3v) is 6.11. The number of amides is 1. The molecule has 3 aromatic rings. The van der Waals surface area contributed by atoms with Crippen molar-refractivity contribution < 1.29 is 19.8 Å². The summed E-state index contributed by atoms with van der Waals surface area (Å²) in [5, 5.41) is 21.2. The third-order valence-electron chi connectivity index (χ3n) is 6.11. The molecule has 2 aromatic heterocycles. The number of aryl methyl sites for hydroxylation is 1. The zero-order chi connectivity index (χ0) is 24.8. The monoisotopic (exact) mass is 476 g/mol. The summed E-state index contributed by atoms with van der Waals surface area (Å²) in [5.74, 6) is -1.40. The van der Waals surface area contributed by atoms with Crippen LogP contribution in [0.4, 0.5) is 5.69 Å². The fourth-order valence-electron chi connectivity index (χ4n) is 4.22. The molecule has 4 rings (SSSR count). The first kappa shape index (κ1) is 24.1. The minimum atomic E-state index is -1.17. The summed E-state index contributed by atoms with van der Waals surface area (Å²) >= 11 is 0. The molecule has 1 aromatic carbocycles.